The molecular weight excluding hydrogens is 559 g/mol. The number of nitrogens with one attached hydrogen (secondary N) is 1. The number of rotatable bonds is 4. The third kappa shape index (κ3) is 4.21. The third-order valence-corrected chi connectivity index (χ3v) is 5.88. The number of fused-ring (bicyclic) bond motifs is 1. The third-order valence-electron chi connectivity index (χ3n) is 4.27. The number of benzene rings is 3. The van der Waals surface area contributed by atoms with Gasteiger partial charge in [-0.2, -0.15) is 0 Å². The molecule has 0 saturated heterocycles. The molecule has 1 amide bonds. The first-order valence-corrected chi connectivity index (χ1v) is 10.9. The zero-order valence-electron chi connectivity index (χ0n) is 15.3. The molecule has 3 aromatic carbocycles. The molecule has 4 aromatic rings. The van der Waals surface area contributed by atoms with Gasteiger partial charge in [0.2, 0.25) is 5.89 Å². The van der Waals surface area contributed by atoms with Gasteiger partial charge in [0.05, 0.1) is 27.9 Å². The molecule has 0 spiro atoms. The number of ether oxygens (including phenoxy) is 1. The van der Waals surface area contributed by atoms with Crippen molar-refractivity contribution in [2.24, 2.45) is 0 Å². The van der Waals surface area contributed by atoms with Gasteiger partial charge in [0.25, 0.3) is 5.91 Å². The molecule has 0 aliphatic carbocycles. The molecule has 0 aliphatic heterocycles. The Bertz CT molecular complexity index is 1290. The van der Waals surface area contributed by atoms with E-state index in [2.05, 4.69) is 42.2 Å². The zero-order valence-corrected chi connectivity index (χ0v) is 20.0. The first-order valence-electron chi connectivity index (χ1n) is 8.56. The number of aromatic nitrogens is 1. The molecule has 0 radical (unpaired) electrons. The van der Waals surface area contributed by atoms with Crippen molar-refractivity contribution in [3.05, 3.63) is 73.1 Å². The van der Waals surface area contributed by atoms with E-state index in [0.29, 0.717) is 54.1 Å². The van der Waals surface area contributed by atoms with Gasteiger partial charge >= 0.3 is 0 Å². The van der Waals surface area contributed by atoms with Crippen LogP contribution in [0.2, 0.25) is 10.0 Å². The average molecular weight is 571 g/mol. The SMILES string of the molecule is COc1c(Br)cc(Br)cc1C(=O)Nc1cc(-c2nc3cc(Cl)ccc3o2)ccc1Cl. The lowest BCUT2D eigenvalue weighted by Crippen LogP contribution is -2.14. The summed E-state index contributed by atoms with van der Waals surface area (Å²) in [5.41, 5.74) is 2.67. The van der Waals surface area contributed by atoms with Crippen LogP contribution < -0.4 is 10.1 Å². The lowest BCUT2D eigenvalue weighted by molar-refractivity contribution is 0.102. The van der Waals surface area contributed by atoms with E-state index in [0.717, 1.165) is 4.47 Å². The highest BCUT2D eigenvalue weighted by atomic mass is 79.9. The second kappa shape index (κ2) is 8.59. The van der Waals surface area contributed by atoms with Gasteiger partial charge in [-0.15, -0.1) is 0 Å². The van der Waals surface area contributed by atoms with Crippen molar-refractivity contribution in [3.8, 4) is 17.2 Å². The number of carbonyl (C=O) groups is 1. The van der Waals surface area contributed by atoms with Crippen LogP contribution in [0.25, 0.3) is 22.6 Å². The van der Waals surface area contributed by atoms with Crippen molar-refractivity contribution in [2.75, 3.05) is 12.4 Å². The monoisotopic (exact) mass is 568 g/mol. The van der Waals surface area contributed by atoms with Gasteiger partial charge in [-0.05, 0) is 64.5 Å². The first kappa shape index (κ1) is 21.2. The van der Waals surface area contributed by atoms with Gasteiger partial charge in [-0.1, -0.05) is 39.1 Å². The van der Waals surface area contributed by atoms with E-state index in [1.807, 2.05) is 0 Å². The maximum absolute atomic E-state index is 12.9. The van der Waals surface area contributed by atoms with Gasteiger partial charge in [-0.25, -0.2) is 4.98 Å². The Morgan fingerprint density at radius 2 is 1.90 bits per heavy atom. The van der Waals surface area contributed by atoms with Crippen LogP contribution in [0, 0.1) is 0 Å². The zero-order chi connectivity index (χ0) is 21.4. The Labute approximate surface area is 198 Å². The molecule has 5 nitrogen and oxygen atoms in total. The summed E-state index contributed by atoms with van der Waals surface area (Å²) in [7, 11) is 1.50. The number of hydrogen-bond donors (Lipinski definition) is 1. The number of anilines is 1. The van der Waals surface area contributed by atoms with Crippen molar-refractivity contribution in [2.45, 2.75) is 0 Å². The van der Waals surface area contributed by atoms with Crippen molar-refractivity contribution in [1.82, 2.24) is 4.98 Å². The molecule has 9 heteroatoms. The Hall–Kier alpha value is -2.06. The summed E-state index contributed by atoms with van der Waals surface area (Å²) < 4.78 is 12.5. The van der Waals surface area contributed by atoms with E-state index >= 15 is 0 Å². The average Bonchev–Trinajstić information content (AvgIpc) is 3.12. The molecule has 4 rings (SSSR count). The minimum Gasteiger partial charge on any atom is -0.495 e. The largest absolute Gasteiger partial charge is 0.495 e. The Balaban J connectivity index is 1.69. The maximum Gasteiger partial charge on any atom is 0.259 e. The Morgan fingerprint density at radius 3 is 2.67 bits per heavy atom. The van der Waals surface area contributed by atoms with Gasteiger partial charge < -0.3 is 14.5 Å². The summed E-state index contributed by atoms with van der Waals surface area (Å²) in [5, 5.41) is 3.77. The van der Waals surface area contributed by atoms with E-state index in [-0.39, 0.29) is 5.91 Å². The maximum atomic E-state index is 12.9. The summed E-state index contributed by atoms with van der Waals surface area (Å²) in [6, 6.07) is 13.8. The van der Waals surface area contributed by atoms with Crippen molar-refractivity contribution < 1.29 is 13.9 Å². The smallest absolute Gasteiger partial charge is 0.259 e. The van der Waals surface area contributed by atoms with E-state index < -0.39 is 0 Å². The summed E-state index contributed by atoms with van der Waals surface area (Å²) >= 11 is 19.1. The second-order valence-corrected chi connectivity index (χ2v) is 8.86. The van der Waals surface area contributed by atoms with E-state index in [9.17, 15) is 4.79 Å². The van der Waals surface area contributed by atoms with Crippen LogP contribution >= 0.6 is 55.1 Å². The standard InChI is InChI=1S/C21H12Br2Cl2N2O3/c1-29-19-13(7-11(22)8-14(19)23)20(28)26-16-6-10(2-4-15(16)25)21-27-17-9-12(24)3-5-18(17)30-21/h2-9H,1H3,(H,26,28). The number of oxazole rings is 1. The molecule has 0 saturated carbocycles. The Morgan fingerprint density at radius 1 is 1.10 bits per heavy atom. The number of carbonyl (C=O) groups excluding carboxylic acids is 1. The fourth-order valence-electron chi connectivity index (χ4n) is 2.90. The highest BCUT2D eigenvalue weighted by Crippen LogP contribution is 2.35. The normalized spacial score (nSPS) is 11.0. The minimum atomic E-state index is -0.378. The van der Waals surface area contributed by atoms with Crippen LogP contribution in [-0.4, -0.2) is 18.0 Å². The van der Waals surface area contributed by atoms with Crippen molar-refractivity contribution in [3.63, 3.8) is 0 Å². The fourth-order valence-corrected chi connectivity index (χ4v) is 4.62. The van der Waals surface area contributed by atoms with Crippen LogP contribution in [0.1, 0.15) is 10.4 Å². The van der Waals surface area contributed by atoms with Gasteiger partial charge in [0, 0.05) is 15.1 Å². The number of nitrogens with zero attached hydrogens (tertiary/aromatic N) is 1. The summed E-state index contributed by atoms with van der Waals surface area (Å²) in [6.45, 7) is 0. The van der Waals surface area contributed by atoms with E-state index in [1.165, 1.54) is 7.11 Å². The molecule has 0 bridgehead atoms. The highest BCUT2D eigenvalue weighted by Gasteiger charge is 2.18. The molecule has 0 atom stereocenters. The Kier molecular flexibility index (Phi) is 6.06. The molecule has 1 heterocycles. The number of amides is 1. The molecule has 152 valence electrons. The van der Waals surface area contributed by atoms with Crippen LogP contribution in [0.15, 0.2) is 61.9 Å². The lowest BCUT2D eigenvalue weighted by atomic mass is 10.1. The van der Waals surface area contributed by atoms with Crippen molar-refractivity contribution in [1.29, 1.82) is 0 Å². The summed E-state index contributed by atoms with van der Waals surface area (Å²) in [6.07, 6.45) is 0. The second-order valence-electron chi connectivity index (χ2n) is 6.25. The summed E-state index contributed by atoms with van der Waals surface area (Å²) in [5.74, 6) is 0.429. The molecule has 0 aliphatic rings. The van der Waals surface area contributed by atoms with Gasteiger partial charge in [0.15, 0.2) is 5.58 Å². The van der Waals surface area contributed by atoms with Crippen LogP contribution in [0.4, 0.5) is 5.69 Å². The molecule has 30 heavy (non-hydrogen) atoms. The lowest BCUT2D eigenvalue weighted by Gasteiger charge is -2.13. The molecule has 1 N–H and O–H groups in total. The fraction of sp³-hybridized carbons (Fsp3) is 0.0476. The van der Waals surface area contributed by atoms with E-state index in [4.69, 9.17) is 32.4 Å². The van der Waals surface area contributed by atoms with Crippen LogP contribution in [0.5, 0.6) is 5.75 Å². The minimum absolute atomic E-state index is 0.344. The topological polar surface area (TPSA) is 64.4 Å². The predicted molar refractivity (Wildman–Crippen MR) is 126 cm³/mol. The molecule has 1 aromatic heterocycles. The molecular formula is C21H12Br2Cl2N2O3. The molecule has 0 unspecified atom stereocenters. The predicted octanol–water partition coefficient (Wildman–Crippen LogP) is 7.59. The van der Waals surface area contributed by atoms with Crippen molar-refractivity contribution >= 4 is 77.8 Å². The number of hydrogen-bond acceptors (Lipinski definition) is 4. The number of methoxy groups -OCH3 is 1. The molecule has 0 fully saturated rings. The van der Waals surface area contributed by atoms with Gasteiger partial charge in [-0.3, -0.25) is 4.79 Å². The van der Waals surface area contributed by atoms with Gasteiger partial charge in [0.1, 0.15) is 11.3 Å². The summed E-state index contributed by atoms with van der Waals surface area (Å²) in [4.78, 5) is 17.4. The van der Waals surface area contributed by atoms with Crippen LogP contribution in [0.3, 0.4) is 0 Å². The quantitative estimate of drug-likeness (QED) is 0.274. The number of halogens is 4. The first-order chi connectivity index (χ1) is 14.4. The van der Waals surface area contributed by atoms with Crippen LogP contribution in [-0.2, 0) is 0 Å². The highest BCUT2D eigenvalue weighted by molar-refractivity contribution is 9.11. The van der Waals surface area contributed by atoms with E-state index in [1.54, 1.807) is 48.5 Å².